The Kier molecular flexibility index (Phi) is 6.37. The van der Waals surface area contributed by atoms with Crippen LogP contribution in [0.5, 0.6) is 5.75 Å². The number of nitrogens with zero attached hydrogens (tertiary/aromatic N) is 1. The maximum atomic E-state index is 12.8. The number of rotatable bonds is 7. The molecule has 4 rings (SSSR count). The monoisotopic (exact) mass is 433 g/mol. The molecule has 166 valence electrons. The predicted molar refractivity (Wildman–Crippen MR) is 120 cm³/mol. The molecule has 1 fully saturated rings. The lowest BCUT2D eigenvalue weighted by molar-refractivity contribution is -0.130. The van der Waals surface area contributed by atoms with Gasteiger partial charge in [-0.25, -0.2) is 5.48 Å². The molecule has 3 N–H and O–H groups in total. The SMILES string of the molecule is Cc1cc(COc2ccc(C(=O)NC3(CC(=O)NO)CCCC3)cc2)c2ccccc2n1. The number of carbonyl (C=O) groups is 2. The minimum atomic E-state index is -0.612. The van der Waals surface area contributed by atoms with Crippen molar-refractivity contribution in [1.29, 1.82) is 0 Å². The van der Waals surface area contributed by atoms with Gasteiger partial charge in [0, 0.05) is 27.7 Å². The normalized spacial score (nSPS) is 14.8. The van der Waals surface area contributed by atoms with Crippen molar-refractivity contribution in [2.75, 3.05) is 0 Å². The van der Waals surface area contributed by atoms with Crippen LogP contribution in [0.25, 0.3) is 10.9 Å². The Balaban J connectivity index is 1.42. The van der Waals surface area contributed by atoms with E-state index in [0.29, 0.717) is 30.8 Å². The van der Waals surface area contributed by atoms with Gasteiger partial charge in [0.2, 0.25) is 5.91 Å². The quantitative estimate of drug-likeness (QED) is 0.385. The molecule has 32 heavy (non-hydrogen) atoms. The summed E-state index contributed by atoms with van der Waals surface area (Å²) in [5.74, 6) is -0.0647. The highest BCUT2D eigenvalue weighted by atomic mass is 16.5. The molecule has 0 atom stereocenters. The average Bonchev–Trinajstić information content (AvgIpc) is 3.25. The fourth-order valence-electron chi connectivity index (χ4n) is 4.44. The summed E-state index contributed by atoms with van der Waals surface area (Å²) >= 11 is 0. The molecule has 2 aromatic carbocycles. The number of hydrogen-bond donors (Lipinski definition) is 3. The number of carbonyl (C=O) groups excluding carboxylic acids is 2. The molecule has 1 aliphatic rings. The number of amides is 2. The van der Waals surface area contributed by atoms with Crippen LogP contribution in [0.15, 0.2) is 54.6 Å². The smallest absolute Gasteiger partial charge is 0.251 e. The Morgan fingerprint density at radius 3 is 2.53 bits per heavy atom. The Morgan fingerprint density at radius 2 is 1.81 bits per heavy atom. The molecule has 0 saturated heterocycles. The van der Waals surface area contributed by atoms with Gasteiger partial charge in [-0.1, -0.05) is 31.0 Å². The lowest BCUT2D eigenvalue weighted by atomic mass is 9.92. The number of benzene rings is 2. The van der Waals surface area contributed by atoms with Crippen LogP contribution >= 0.6 is 0 Å². The molecule has 0 radical (unpaired) electrons. The Hall–Kier alpha value is -3.45. The van der Waals surface area contributed by atoms with E-state index in [0.717, 1.165) is 35.0 Å². The van der Waals surface area contributed by atoms with Gasteiger partial charge in [-0.2, -0.15) is 0 Å². The van der Waals surface area contributed by atoms with Crippen LogP contribution in [0, 0.1) is 6.92 Å². The Morgan fingerprint density at radius 1 is 1.09 bits per heavy atom. The Bertz CT molecular complexity index is 1120. The van der Waals surface area contributed by atoms with E-state index >= 15 is 0 Å². The minimum absolute atomic E-state index is 0.0652. The van der Waals surface area contributed by atoms with Gasteiger partial charge in [-0.15, -0.1) is 0 Å². The molecule has 0 spiro atoms. The van der Waals surface area contributed by atoms with Gasteiger partial charge in [0.05, 0.1) is 11.9 Å². The molecule has 0 bridgehead atoms. The average molecular weight is 434 g/mol. The maximum Gasteiger partial charge on any atom is 0.251 e. The topological polar surface area (TPSA) is 101 Å². The van der Waals surface area contributed by atoms with E-state index in [9.17, 15) is 9.59 Å². The van der Waals surface area contributed by atoms with Crippen molar-refractivity contribution in [2.24, 2.45) is 0 Å². The number of hydroxylamine groups is 1. The van der Waals surface area contributed by atoms with E-state index < -0.39 is 11.4 Å². The molecule has 2 amide bonds. The third kappa shape index (κ3) is 4.89. The summed E-state index contributed by atoms with van der Waals surface area (Å²) in [5.41, 5.74) is 4.48. The zero-order chi connectivity index (χ0) is 22.6. The van der Waals surface area contributed by atoms with Crippen molar-refractivity contribution in [2.45, 2.75) is 51.2 Å². The lowest BCUT2D eigenvalue weighted by Gasteiger charge is -2.29. The summed E-state index contributed by atoms with van der Waals surface area (Å²) in [6.07, 6.45) is 3.37. The molecule has 0 aliphatic heterocycles. The maximum absolute atomic E-state index is 12.8. The van der Waals surface area contributed by atoms with E-state index in [2.05, 4.69) is 10.3 Å². The first-order chi connectivity index (χ1) is 15.5. The first-order valence-electron chi connectivity index (χ1n) is 10.8. The third-order valence-corrected chi connectivity index (χ3v) is 6.00. The highest BCUT2D eigenvalue weighted by Gasteiger charge is 2.37. The minimum Gasteiger partial charge on any atom is -0.489 e. The number of hydrogen-bond acceptors (Lipinski definition) is 5. The summed E-state index contributed by atoms with van der Waals surface area (Å²) in [6, 6.07) is 17.0. The zero-order valence-electron chi connectivity index (χ0n) is 18.1. The predicted octanol–water partition coefficient (Wildman–Crippen LogP) is 4.06. The van der Waals surface area contributed by atoms with Crippen LogP contribution in [0.4, 0.5) is 0 Å². The number of nitrogens with one attached hydrogen (secondary N) is 2. The zero-order valence-corrected chi connectivity index (χ0v) is 18.1. The molecule has 7 nitrogen and oxygen atoms in total. The molecule has 0 unspecified atom stereocenters. The van der Waals surface area contributed by atoms with Crippen molar-refractivity contribution < 1.29 is 19.5 Å². The number of pyridine rings is 1. The molecule has 1 heterocycles. The molecule has 1 saturated carbocycles. The van der Waals surface area contributed by atoms with Crippen molar-refractivity contribution in [1.82, 2.24) is 15.8 Å². The van der Waals surface area contributed by atoms with Crippen LogP contribution in [-0.4, -0.2) is 27.5 Å². The van der Waals surface area contributed by atoms with Crippen molar-refractivity contribution in [3.63, 3.8) is 0 Å². The standard InChI is InChI=1S/C25H27N3O4/c1-17-14-19(21-6-2-3-7-22(21)26-17)16-32-20-10-8-18(9-11-20)24(30)27-25(12-4-5-13-25)15-23(29)28-31/h2-3,6-11,14,31H,4-5,12-13,15-16H2,1H3,(H,27,30)(H,28,29). The summed E-state index contributed by atoms with van der Waals surface area (Å²) in [5, 5.41) is 12.9. The van der Waals surface area contributed by atoms with Gasteiger partial charge in [0.1, 0.15) is 12.4 Å². The lowest BCUT2D eigenvalue weighted by Crippen LogP contribution is -2.49. The van der Waals surface area contributed by atoms with E-state index in [-0.39, 0.29) is 12.3 Å². The number of aryl methyl sites for hydroxylation is 1. The second-order valence-corrected chi connectivity index (χ2v) is 8.41. The van der Waals surface area contributed by atoms with Crippen molar-refractivity contribution in [3.8, 4) is 5.75 Å². The first kappa shape index (κ1) is 21.8. The van der Waals surface area contributed by atoms with Gasteiger partial charge < -0.3 is 10.1 Å². The van der Waals surface area contributed by atoms with Crippen LogP contribution < -0.4 is 15.5 Å². The highest BCUT2D eigenvalue weighted by Crippen LogP contribution is 2.33. The summed E-state index contributed by atoms with van der Waals surface area (Å²) in [4.78, 5) is 29.0. The molecular formula is C25H27N3O4. The number of para-hydroxylation sites is 1. The van der Waals surface area contributed by atoms with E-state index in [1.54, 1.807) is 29.7 Å². The summed E-state index contributed by atoms with van der Waals surface area (Å²) in [7, 11) is 0. The summed E-state index contributed by atoms with van der Waals surface area (Å²) in [6.45, 7) is 2.36. The van der Waals surface area contributed by atoms with Crippen molar-refractivity contribution >= 4 is 22.7 Å². The van der Waals surface area contributed by atoms with Crippen molar-refractivity contribution in [3.05, 3.63) is 71.4 Å². The van der Waals surface area contributed by atoms with E-state index in [1.165, 1.54) is 0 Å². The summed E-state index contributed by atoms with van der Waals surface area (Å²) < 4.78 is 5.97. The Labute approximate surface area is 186 Å². The molecule has 1 aliphatic carbocycles. The van der Waals surface area contributed by atoms with Crippen LogP contribution in [0.1, 0.15) is 53.7 Å². The number of ether oxygens (including phenoxy) is 1. The van der Waals surface area contributed by atoms with Crippen LogP contribution in [-0.2, 0) is 11.4 Å². The van der Waals surface area contributed by atoms with E-state index in [1.807, 2.05) is 37.3 Å². The number of fused-ring (bicyclic) bond motifs is 1. The molecule has 7 heteroatoms. The second-order valence-electron chi connectivity index (χ2n) is 8.41. The van der Waals surface area contributed by atoms with E-state index in [4.69, 9.17) is 9.94 Å². The molecule has 3 aromatic rings. The van der Waals surface area contributed by atoms with Crippen LogP contribution in [0.3, 0.4) is 0 Å². The fraction of sp³-hybridized carbons (Fsp3) is 0.320. The van der Waals surface area contributed by atoms with Gasteiger partial charge in [0.15, 0.2) is 0 Å². The highest BCUT2D eigenvalue weighted by molar-refractivity contribution is 5.95. The van der Waals surface area contributed by atoms with Gasteiger partial charge in [-0.3, -0.25) is 19.8 Å². The largest absolute Gasteiger partial charge is 0.489 e. The van der Waals surface area contributed by atoms with Gasteiger partial charge in [-0.05, 0) is 56.2 Å². The first-order valence-corrected chi connectivity index (χ1v) is 10.8. The van der Waals surface area contributed by atoms with Crippen LogP contribution in [0.2, 0.25) is 0 Å². The third-order valence-electron chi connectivity index (χ3n) is 6.00. The number of aromatic nitrogens is 1. The van der Waals surface area contributed by atoms with Gasteiger partial charge >= 0.3 is 0 Å². The molecular weight excluding hydrogens is 406 g/mol. The molecule has 1 aromatic heterocycles. The second kappa shape index (κ2) is 9.36. The fourth-order valence-corrected chi connectivity index (χ4v) is 4.44. The van der Waals surface area contributed by atoms with Gasteiger partial charge in [0.25, 0.3) is 5.91 Å².